The SMILES string of the molecule is CN1C(=O)[C@@H](NC(=O)c2nnc(C3(c4ccccc4)CC3)o2)COc2ccc(N3CC4(CCOCC4)C3)cc21. The van der Waals surface area contributed by atoms with Crippen LogP contribution in [0.25, 0.3) is 0 Å². The number of fused-ring (bicyclic) bond motifs is 1. The van der Waals surface area contributed by atoms with Crippen molar-refractivity contribution < 1.29 is 23.5 Å². The van der Waals surface area contributed by atoms with Gasteiger partial charge in [0.15, 0.2) is 0 Å². The zero-order valence-electron chi connectivity index (χ0n) is 21.9. The van der Waals surface area contributed by atoms with Crippen LogP contribution >= 0.6 is 0 Å². The fraction of sp³-hybridized carbons (Fsp3) is 0.448. The van der Waals surface area contributed by atoms with Crippen molar-refractivity contribution in [3.63, 3.8) is 0 Å². The second kappa shape index (κ2) is 9.08. The summed E-state index contributed by atoms with van der Waals surface area (Å²) in [6.45, 7) is 3.64. The van der Waals surface area contributed by atoms with E-state index >= 15 is 0 Å². The van der Waals surface area contributed by atoms with Crippen LogP contribution in [0.1, 0.15) is 47.8 Å². The maximum atomic E-state index is 13.4. The van der Waals surface area contributed by atoms with Crippen LogP contribution in [0, 0.1) is 5.41 Å². The number of rotatable bonds is 5. The molecule has 1 aliphatic carbocycles. The van der Waals surface area contributed by atoms with Gasteiger partial charge in [0.05, 0.1) is 11.1 Å². The Hall–Kier alpha value is -3.92. The highest BCUT2D eigenvalue weighted by Crippen LogP contribution is 2.52. The van der Waals surface area contributed by atoms with Crippen molar-refractivity contribution in [2.45, 2.75) is 37.1 Å². The van der Waals surface area contributed by atoms with Gasteiger partial charge in [-0.25, -0.2) is 0 Å². The van der Waals surface area contributed by atoms with E-state index in [9.17, 15) is 9.59 Å². The molecule has 3 aliphatic heterocycles. The molecule has 1 atom stereocenters. The fourth-order valence-corrected chi connectivity index (χ4v) is 6.09. The smallest absolute Gasteiger partial charge is 0.309 e. The second-order valence-corrected chi connectivity index (χ2v) is 11.2. The average Bonchev–Trinajstić information content (AvgIpc) is 3.64. The van der Waals surface area contributed by atoms with Gasteiger partial charge in [-0.15, -0.1) is 10.2 Å². The first-order valence-electron chi connectivity index (χ1n) is 13.5. The Bertz CT molecular complexity index is 1400. The summed E-state index contributed by atoms with van der Waals surface area (Å²) in [6.07, 6.45) is 3.94. The number of carbonyl (C=O) groups is 2. The van der Waals surface area contributed by atoms with Crippen LogP contribution in [-0.4, -0.2) is 68.0 Å². The number of carbonyl (C=O) groups excluding carboxylic acids is 2. The maximum absolute atomic E-state index is 13.4. The molecule has 2 aromatic carbocycles. The van der Waals surface area contributed by atoms with Gasteiger partial charge in [0.1, 0.15) is 18.4 Å². The van der Waals surface area contributed by atoms with Gasteiger partial charge in [-0.05, 0) is 49.4 Å². The standard InChI is InChI=1S/C29H31N5O5/c1-33-22-15-20(34-17-28(18-34)11-13-37-14-12-28)7-8-23(22)38-16-21(26(33)36)30-24(35)25-31-32-27(39-25)29(9-10-29)19-5-3-2-4-6-19/h2-8,15,21H,9-14,16-18H2,1H3,(H,30,35)/t21-/m0/s1. The molecule has 0 radical (unpaired) electrons. The number of aromatic nitrogens is 2. The quantitative estimate of drug-likeness (QED) is 0.537. The number of nitrogens with zero attached hydrogens (tertiary/aromatic N) is 4. The number of anilines is 2. The molecule has 7 rings (SSSR count). The Labute approximate surface area is 226 Å². The van der Waals surface area contributed by atoms with Crippen molar-refractivity contribution in [3.05, 3.63) is 65.9 Å². The monoisotopic (exact) mass is 529 g/mol. The summed E-state index contributed by atoms with van der Waals surface area (Å²) in [5, 5.41) is 10.9. The van der Waals surface area contributed by atoms with Crippen LogP contribution in [0.5, 0.6) is 5.75 Å². The lowest BCUT2D eigenvalue weighted by Gasteiger charge is -2.53. The summed E-state index contributed by atoms with van der Waals surface area (Å²) in [4.78, 5) is 30.3. The minimum atomic E-state index is -0.896. The molecule has 3 aromatic rings. The Morgan fingerprint density at radius 1 is 1.03 bits per heavy atom. The van der Waals surface area contributed by atoms with Gasteiger partial charge >= 0.3 is 11.8 Å². The van der Waals surface area contributed by atoms with Gasteiger partial charge in [-0.1, -0.05) is 30.3 Å². The largest absolute Gasteiger partial charge is 0.489 e. The van der Waals surface area contributed by atoms with Crippen molar-refractivity contribution in [2.24, 2.45) is 5.41 Å². The van der Waals surface area contributed by atoms with Crippen molar-refractivity contribution in [1.29, 1.82) is 0 Å². The fourth-order valence-electron chi connectivity index (χ4n) is 6.09. The third-order valence-electron chi connectivity index (χ3n) is 8.72. The zero-order valence-corrected chi connectivity index (χ0v) is 21.9. The number of ether oxygens (including phenoxy) is 2. The van der Waals surface area contributed by atoms with E-state index in [2.05, 4.69) is 20.4 Å². The molecule has 39 heavy (non-hydrogen) atoms. The Balaban J connectivity index is 1.03. The maximum Gasteiger partial charge on any atom is 0.309 e. The summed E-state index contributed by atoms with van der Waals surface area (Å²) in [5.74, 6) is -0.000869. The van der Waals surface area contributed by atoms with Crippen molar-refractivity contribution in [2.75, 3.05) is 49.8 Å². The van der Waals surface area contributed by atoms with Gasteiger partial charge in [0, 0.05) is 44.5 Å². The average molecular weight is 530 g/mol. The molecule has 2 saturated heterocycles. The molecule has 4 aliphatic rings. The third kappa shape index (κ3) is 4.14. The molecule has 1 spiro atoms. The molecule has 202 valence electrons. The highest BCUT2D eigenvalue weighted by Gasteiger charge is 2.51. The molecule has 1 N–H and O–H groups in total. The normalized spacial score (nSPS) is 22.9. The summed E-state index contributed by atoms with van der Waals surface area (Å²) < 4.78 is 17.3. The van der Waals surface area contributed by atoms with E-state index in [1.165, 1.54) is 0 Å². The van der Waals surface area contributed by atoms with Crippen molar-refractivity contribution >= 4 is 23.2 Å². The van der Waals surface area contributed by atoms with Gasteiger partial charge in [0.2, 0.25) is 5.89 Å². The van der Waals surface area contributed by atoms with E-state index in [0.29, 0.717) is 22.7 Å². The topological polar surface area (TPSA) is 110 Å². The van der Waals surface area contributed by atoms with E-state index < -0.39 is 11.9 Å². The van der Waals surface area contributed by atoms with E-state index in [-0.39, 0.29) is 23.8 Å². The van der Waals surface area contributed by atoms with Crippen molar-refractivity contribution in [1.82, 2.24) is 15.5 Å². The lowest BCUT2D eigenvalue weighted by atomic mass is 9.73. The molecule has 1 aromatic heterocycles. The predicted octanol–water partition coefficient (Wildman–Crippen LogP) is 2.92. The summed E-state index contributed by atoms with van der Waals surface area (Å²) in [7, 11) is 1.70. The minimum absolute atomic E-state index is 0.00301. The minimum Gasteiger partial charge on any atom is -0.489 e. The summed E-state index contributed by atoms with van der Waals surface area (Å²) in [5.41, 5.74) is 2.83. The first-order chi connectivity index (χ1) is 19.0. The Morgan fingerprint density at radius 2 is 1.79 bits per heavy atom. The summed E-state index contributed by atoms with van der Waals surface area (Å²) in [6, 6.07) is 15.0. The van der Waals surface area contributed by atoms with Crippen LogP contribution in [-0.2, 0) is 14.9 Å². The van der Waals surface area contributed by atoms with E-state index in [1.807, 2.05) is 48.5 Å². The predicted molar refractivity (Wildman–Crippen MR) is 142 cm³/mol. The van der Waals surface area contributed by atoms with Gasteiger partial charge in [-0.2, -0.15) is 0 Å². The molecule has 0 unspecified atom stereocenters. The lowest BCUT2D eigenvalue weighted by Crippen LogP contribution is -2.58. The number of nitrogens with one attached hydrogen (secondary N) is 1. The molecule has 10 nitrogen and oxygen atoms in total. The molecule has 10 heteroatoms. The molecule has 0 bridgehead atoms. The number of amides is 2. The second-order valence-electron chi connectivity index (χ2n) is 11.2. The first-order valence-corrected chi connectivity index (χ1v) is 13.5. The molecule has 3 fully saturated rings. The highest BCUT2D eigenvalue weighted by molar-refractivity contribution is 6.02. The van der Waals surface area contributed by atoms with Crippen LogP contribution in [0.4, 0.5) is 11.4 Å². The number of hydrogen-bond acceptors (Lipinski definition) is 8. The lowest BCUT2D eigenvalue weighted by molar-refractivity contribution is -0.120. The van der Waals surface area contributed by atoms with Crippen LogP contribution in [0.3, 0.4) is 0 Å². The highest BCUT2D eigenvalue weighted by atomic mass is 16.5. The molecular weight excluding hydrogens is 498 g/mol. The zero-order chi connectivity index (χ0) is 26.6. The molecular formula is C29H31N5O5. The first kappa shape index (κ1) is 24.1. The van der Waals surface area contributed by atoms with Gasteiger partial charge in [0.25, 0.3) is 5.91 Å². The third-order valence-corrected chi connectivity index (χ3v) is 8.72. The van der Waals surface area contributed by atoms with E-state index in [0.717, 1.165) is 63.2 Å². The molecule has 1 saturated carbocycles. The van der Waals surface area contributed by atoms with Crippen LogP contribution in [0.2, 0.25) is 0 Å². The Morgan fingerprint density at radius 3 is 2.54 bits per heavy atom. The van der Waals surface area contributed by atoms with Crippen LogP contribution < -0.4 is 19.9 Å². The molecule has 2 amide bonds. The van der Waals surface area contributed by atoms with Gasteiger partial charge in [-0.3, -0.25) is 9.59 Å². The van der Waals surface area contributed by atoms with Gasteiger partial charge < -0.3 is 29.0 Å². The number of hydrogen-bond donors (Lipinski definition) is 1. The van der Waals surface area contributed by atoms with Crippen molar-refractivity contribution in [3.8, 4) is 5.75 Å². The summed E-state index contributed by atoms with van der Waals surface area (Å²) >= 11 is 0. The Kier molecular flexibility index (Phi) is 5.62. The number of likely N-dealkylation sites (N-methyl/N-ethyl adjacent to an activating group) is 1. The van der Waals surface area contributed by atoms with E-state index in [1.54, 1.807) is 11.9 Å². The van der Waals surface area contributed by atoms with E-state index in [4.69, 9.17) is 13.9 Å². The van der Waals surface area contributed by atoms with Crippen LogP contribution in [0.15, 0.2) is 52.9 Å². The molecule has 4 heterocycles. The number of benzene rings is 2.